The van der Waals surface area contributed by atoms with Crippen LogP contribution in [0.15, 0.2) is 0 Å². The molecule has 2 aliphatic carbocycles. The molecule has 2 saturated carbocycles. The van der Waals surface area contributed by atoms with Crippen LogP contribution in [0.2, 0.25) is 0 Å². The van der Waals surface area contributed by atoms with E-state index in [9.17, 15) is 0 Å². The maximum atomic E-state index is 3.70. The van der Waals surface area contributed by atoms with Gasteiger partial charge in [0.25, 0.3) is 0 Å². The monoisotopic (exact) mass is 224 g/mol. The first-order valence-corrected chi connectivity index (χ1v) is 7.34. The topological polar surface area (TPSA) is 15.3 Å². The summed E-state index contributed by atoms with van der Waals surface area (Å²) in [7, 11) is 0. The molecule has 0 spiro atoms. The molecule has 94 valence electrons. The smallest absolute Gasteiger partial charge is 0.0220 e. The first kappa shape index (κ1) is 12.4. The van der Waals surface area contributed by atoms with Gasteiger partial charge in [0.1, 0.15) is 0 Å². The fourth-order valence-corrected chi connectivity index (χ4v) is 3.14. The predicted octanol–water partition coefficient (Wildman–Crippen LogP) is 2.78. The number of hydrogen-bond donors (Lipinski definition) is 1. The first-order chi connectivity index (χ1) is 7.85. The zero-order valence-corrected chi connectivity index (χ0v) is 11.0. The Morgan fingerprint density at radius 3 is 2.31 bits per heavy atom. The van der Waals surface area contributed by atoms with Gasteiger partial charge in [-0.25, -0.2) is 0 Å². The van der Waals surface area contributed by atoms with Crippen LogP contribution >= 0.6 is 0 Å². The summed E-state index contributed by atoms with van der Waals surface area (Å²) in [6.07, 6.45) is 9.89. The molecule has 2 heteroatoms. The lowest BCUT2D eigenvalue weighted by Crippen LogP contribution is -2.47. The summed E-state index contributed by atoms with van der Waals surface area (Å²) in [5.74, 6) is 0. The average molecular weight is 224 g/mol. The van der Waals surface area contributed by atoms with E-state index in [1.54, 1.807) is 0 Å². The molecule has 0 aromatic carbocycles. The van der Waals surface area contributed by atoms with Crippen molar-refractivity contribution in [3.8, 4) is 0 Å². The maximum Gasteiger partial charge on any atom is 0.0220 e. The fraction of sp³-hybridized carbons (Fsp3) is 1.00. The maximum absolute atomic E-state index is 3.70. The predicted molar refractivity (Wildman–Crippen MR) is 69.7 cm³/mol. The van der Waals surface area contributed by atoms with E-state index in [2.05, 4.69) is 24.1 Å². The minimum Gasteiger partial charge on any atom is -0.312 e. The number of nitrogens with zero attached hydrogens (tertiary/aromatic N) is 1. The van der Waals surface area contributed by atoms with Gasteiger partial charge in [0, 0.05) is 24.7 Å². The Kier molecular flexibility index (Phi) is 4.66. The highest BCUT2D eigenvalue weighted by molar-refractivity contribution is 4.86. The summed E-state index contributed by atoms with van der Waals surface area (Å²) in [5, 5.41) is 3.70. The van der Waals surface area contributed by atoms with Crippen LogP contribution in [-0.4, -0.2) is 36.1 Å². The molecule has 0 bridgehead atoms. The Labute approximate surface area is 101 Å². The minimum absolute atomic E-state index is 0.772. The van der Waals surface area contributed by atoms with Crippen LogP contribution in [0, 0.1) is 0 Å². The van der Waals surface area contributed by atoms with Gasteiger partial charge in [-0.1, -0.05) is 26.7 Å². The van der Waals surface area contributed by atoms with E-state index >= 15 is 0 Å². The summed E-state index contributed by atoms with van der Waals surface area (Å²) in [6, 6.07) is 2.51. The SMILES string of the molecule is CCC(CNC1CC1)N(CC)C1CCCC1. The van der Waals surface area contributed by atoms with Gasteiger partial charge in [0.05, 0.1) is 0 Å². The largest absolute Gasteiger partial charge is 0.312 e. The van der Waals surface area contributed by atoms with Crippen molar-refractivity contribution in [3.63, 3.8) is 0 Å². The van der Waals surface area contributed by atoms with Crippen LogP contribution in [0.1, 0.15) is 58.8 Å². The van der Waals surface area contributed by atoms with E-state index in [-0.39, 0.29) is 0 Å². The lowest BCUT2D eigenvalue weighted by molar-refractivity contribution is 0.136. The zero-order chi connectivity index (χ0) is 11.4. The molecule has 1 unspecified atom stereocenters. The highest BCUT2D eigenvalue weighted by atomic mass is 15.2. The zero-order valence-electron chi connectivity index (χ0n) is 11.0. The van der Waals surface area contributed by atoms with Gasteiger partial charge in [-0.2, -0.15) is 0 Å². The standard InChI is InChI=1S/C14H28N2/c1-3-13(11-15-12-9-10-12)16(4-2)14-7-5-6-8-14/h12-15H,3-11H2,1-2H3. The highest BCUT2D eigenvalue weighted by Gasteiger charge is 2.28. The number of rotatable bonds is 7. The van der Waals surface area contributed by atoms with Crippen LogP contribution < -0.4 is 5.32 Å². The molecule has 0 aromatic rings. The Hall–Kier alpha value is -0.0800. The molecule has 1 N–H and O–H groups in total. The van der Waals surface area contributed by atoms with E-state index in [0.29, 0.717) is 0 Å². The van der Waals surface area contributed by atoms with Crippen LogP contribution in [0.25, 0.3) is 0 Å². The van der Waals surface area contributed by atoms with Crippen molar-refractivity contribution in [1.29, 1.82) is 0 Å². The Morgan fingerprint density at radius 2 is 1.81 bits per heavy atom. The molecule has 0 aromatic heterocycles. The molecular formula is C14H28N2. The van der Waals surface area contributed by atoms with Gasteiger partial charge in [-0.3, -0.25) is 4.90 Å². The number of nitrogens with one attached hydrogen (secondary N) is 1. The molecular weight excluding hydrogens is 196 g/mol. The lowest BCUT2D eigenvalue weighted by Gasteiger charge is -2.35. The first-order valence-electron chi connectivity index (χ1n) is 7.34. The van der Waals surface area contributed by atoms with Crippen molar-refractivity contribution in [2.24, 2.45) is 0 Å². The number of likely N-dealkylation sites (N-methyl/N-ethyl adjacent to an activating group) is 1. The number of hydrogen-bond acceptors (Lipinski definition) is 2. The molecule has 0 heterocycles. The van der Waals surface area contributed by atoms with E-state index < -0.39 is 0 Å². The van der Waals surface area contributed by atoms with Crippen molar-refractivity contribution in [2.75, 3.05) is 13.1 Å². The summed E-state index contributed by atoms with van der Waals surface area (Å²) in [4.78, 5) is 2.77. The van der Waals surface area contributed by atoms with Crippen LogP contribution in [0.5, 0.6) is 0 Å². The quantitative estimate of drug-likeness (QED) is 0.715. The summed E-state index contributed by atoms with van der Waals surface area (Å²) < 4.78 is 0. The normalized spacial score (nSPS) is 24.2. The van der Waals surface area contributed by atoms with E-state index in [0.717, 1.165) is 18.1 Å². The summed E-state index contributed by atoms with van der Waals surface area (Å²) >= 11 is 0. The van der Waals surface area contributed by atoms with Crippen LogP contribution in [0.4, 0.5) is 0 Å². The van der Waals surface area contributed by atoms with Crippen LogP contribution in [0.3, 0.4) is 0 Å². The van der Waals surface area contributed by atoms with Gasteiger partial charge in [-0.15, -0.1) is 0 Å². The van der Waals surface area contributed by atoms with Crippen molar-refractivity contribution < 1.29 is 0 Å². The molecule has 2 nitrogen and oxygen atoms in total. The van der Waals surface area contributed by atoms with Crippen molar-refractivity contribution in [2.45, 2.75) is 76.9 Å². The second-order valence-corrected chi connectivity index (χ2v) is 5.51. The second kappa shape index (κ2) is 6.02. The molecule has 0 aliphatic heterocycles. The van der Waals surface area contributed by atoms with Gasteiger partial charge in [-0.05, 0) is 38.6 Å². The minimum atomic E-state index is 0.772. The van der Waals surface area contributed by atoms with Crippen molar-refractivity contribution >= 4 is 0 Å². The van der Waals surface area contributed by atoms with Crippen molar-refractivity contribution in [1.82, 2.24) is 10.2 Å². The molecule has 16 heavy (non-hydrogen) atoms. The van der Waals surface area contributed by atoms with Gasteiger partial charge in [0.15, 0.2) is 0 Å². The second-order valence-electron chi connectivity index (χ2n) is 5.51. The van der Waals surface area contributed by atoms with Crippen molar-refractivity contribution in [3.05, 3.63) is 0 Å². The van der Waals surface area contributed by atoms with E-state index in [4.69, 9.17) is 0 Å². The van der Waals surface area contributed by atoms with E-state index in [1.165, 1.54) is 58.0 Å². The van der Waals surface area contributed by atoms with Gasteiger partial charge < -0.3 is 5.32 Å². The molecule has 2 fully saturated rings. The lowest BCUT2D eigenvalue weighted by atomic mass is 10.1. The van der Waals surface area contributed by atoms with Gasteiger partial charge >= 0.3 is 0 Å². The molecule has 0 radical (unpaired) electrons. The fourth-order valence-electron chi connectivity index (χ4n) is 3.14. The van der Waals surface area contributed by atoms with Gasteiger partial charge in [0.2, 0.25) is 0 Å². The summed E-state index contributed by atoms with van der Waals surface area (Å²) in [5.41, 5.74) is 0. The Morgan fingerprint density at radius 1 is 1.12 bits per heavy atom. The third kappa shape index (κ3) is 3.21. The average Bonchev–Trinajstić information content (AvgIpc) is 2.98. The third-order valence-corrected chi connectivity index (χ3v) is 4.32. The molecule has 2 rings (SSSR count). The van der Waals surface area contributed by atoms with Crippen LogP contribution in [-0.2, 0) is 0 Å². The highest BCUT2D eigenvalue weighted by Crippen LogP contribution is 2.26. The third-order valence-electron chi connectivity index (χ3n) is 4.32. The Balaban J connectivity index is 1.81. The molecule has 0 amide bonds. The Bertz CT molecular complexity index is 195. The molecule has 1 atom stereocenters. The molecule has 0 saturated heterocycles. The van der Waals surface area contributed by atoms with E-state index in [1.807, 2.05) is 0 Å². The summed E-state index contributed by atoms with van der Waals surface area (Å²) in [6.45, 7) is 7.12. The molecule has 2 aliphatic rings.